The van der Waals surface area contributed by atoms with Crippen LogP contribution in [0.4, 0.5) is 0 Å². The second-order valence-electron chi connectivity index (χ2n) is 11.7. The highest BCUT2D eigenvalue weighted by atomic mass is 15.1. The standard InChI is InChI=1S/C39H24N12/c1-4-19-49-28(10-1)31(46-37(49)34-40-13-7-14-41-34)25-22-26(32-29-11-2-5-20-50(29)38(47-32)35-42-15-8-16-43-35)24-27(23-25)33-30-12-3-6-21-51(30)39(48-33)36-44-17-9-18-45-36/h1-24H. The van der Waals surface area contributed by atoms with Crippen LogP contribution >= 0.6 is 0 Å². The summed E-state index contributed by atoms with van der Waals surface area (Å²) in [5.74, 6) is 3.50. The van der Waals surface area contributed by atoms with Crippen molar-refractivity contribution in [3.8, 4) is 68.7 Å². The van der Waals surface area contributed by atoms with E-state index in [-0.39, 0.29) is 0 Å². The van der Waals surface area contributed by atoms with Gasteiger partial charge in [0.25, 0.3) is 0 Å². The number of imidazole rings is 3. The molecule has 0 unspecified atom stereocenters. The van der Waals surface area contributed by atoms with E-state index >= 15 is 0 Å². The smallest absolute Gasteiger partial charge is 0.196 e. The van der Waals surface area contributed by atoms with Crippen molar-refractivity contribution in [1.29, 1.82) is 0 Å². The van der Waals surface area contributed by atoms with Crippen molar-refractivity contribution >= 4 is 16.6 Å². The fourth-order valence-electron chi connectivity index (χ4n) is 6.51. The van der Waals surface area contributed by atoms with Gasteiger partial charge in [-0.3, -0.25) is 13.2 Å². The highest BCUT2D eigenvalue weighted by Crippen LogP contribution is 2.39. The van der Waals surface area contributed by atoms with Crippen LogP contribution < -0.4 is 0 Å². The first-order chi connectivity index (χ1) is 25.3. The molecule has 0 aliphatic rings. The number of nitrogens with zero attached hydrogens (tertiary/aromatic N) is 12. The van der Waals surface area contributed by atoms with Gasteiger partial charge in [-0.1, -0.05) is 18.2 Å². The van der Waals surface area contributed by atoms with E-state index in [2.05, 4.69) is 66.3 Å². The molecule has 1 aromatic carbocycles. The summed E-state index contributed by atoms with van der Waals surface area (Å²) in [7, 11) is 0. The molecular weight excluding hydrogens is 637 g/mol. The maximum Gasteiger partial charge on any atom is 0.196 e. The first kappa shape index (κ1) is 28.5. The minimum Gasteiger partial charge on any atom is -0.296 e. The van der Waals surface area contributed by atoms with E-state index in [9.17, 15) is 0 Å². The molecule has 0 atom stereocenters. The maximum absolute atomic E-state index is 5.18. The molecule has 0 aliphatic heterocycles. The molecule has 9 heterocycles. The normalized spacial score (nSPS) is 11.5. The number of rotatable bonds is 6. The Morgan fingerprint density at radius 1 is 0.333 bits per heavy atom. The van der Waals surface area contributed by atoms with Crippen LogP contribution in [0.1, 0.15) is 0 Å². The largest absolute Gasteiger partial charge is 0.296 e. The van der Waals surface area contributed by atoms with Crippen LogP contribution in [0.2, 0.25) is 0 Å². The molecule has 0 bridgehead atoms. The number of hydrogen-bond donors (Lipinski definition) is 0. The Labute approximate surface area is 289 Å². The Bertz CT molecular complexity index is 2540. The average Bonchev–Trinajstić information content (AvgIpc) is 3.91. The van der Waals surface area contributed by atoms with Crippen LogP contribution in [0.25, 0.3) is 85.3 Å². The van der Waals surface area contributed by atoms with Gasteiger partial charge in [-0.15, -0.1) is 0 Å². The highest BCUT2D eigenvalue weighted by Gasteiger charge is 2.23. The summed E-state index contributed by atoms with van der Waals surface area (Å²) in [5.41, 5.74) is 7.65. The van der Waals surface area contributed by atoms with Crippen molar-refractivity contribution in [3.63, 3.8) is 0 Å². The van der Waals surface area contributed by atoms with Crippen molar-refractivity contribution < 1.29 is 0 Å². The van der Waals surface area contributed by atoms with Crippen molar-refractivity contribution in [2.45, 2.75) is 0 Å². The van der Waals surface area contributed by atoms with Gasteiger partial charge in [-0.2, -0.15) is 0 Å². The van der Waals surface area contributed by atoms with E-state index in [0.29, 0.717) is 34.9 Å². The highest BCUT2D eigenvalue weighted by molar-refractivity contribution is 5.92. The molecule has 0 amide bonds. The molecule has 10 rings (SSSR count). The Balaban J connectivity index is 1.26. The quantitative estimate of drug-likeness (QED) is 0.185. The summed E-state index contributed by atoms with van der Waals surface area (Å²) in [6, 6.07) is 29.8. The van der Waals surface area contributed by atoms with Gasteiger partial charge >= 0.3 is 0 Å². The van der Waals surface area contributed by atoms with Gasteiger partial charge in [-0.25, -0.2) is 44.9 Å². The van der Waals surface area contributed by atoms with Crippen LogP contribution in [0.5, 0.6) is 0 Å². The van der Waals surface area contributed by atoms with Gasteiger partial charge < -0.3 is 0 Å². The number of pyridine rings is 3. The minimum atomic E-state index is 0.529. The number of aromatic nitrogens is 12. The first-order valence-corrected chi connectivity index (χ1v) is 16.2. The monoisotopic (exact) mass is 660 g/mol. The topological polar surface area (TPSA) is 129 Å². The Hall–Kier alpha value is -7.47. The molecule has 0 saturated heterocycles. The van der Waals surface area contributed by atoms with Crippen LogP contribution in [-0.4, -0.2) is 58.1 Å². The average molecular weight is 661 g/mol. The van der Waals surface area contributed by atoms with Gasteiger partial charge in [-0.05, 0) is 72.8 Å². The SMILES string of the molecule is c1cnc(-c2nc(-c3cc(-c4nc(-c5ncccn5)n5ccccc45)cc(-c4nc(-c5ncccn5)n5ccccc45)c3)c3ccccn23)nc1. The van der Waals surface area contributed by atoms with Gasteiger partial charge in [0.05, 0.1) is 33.6 Å². The van der Waals surface area contributed by atoms with E-state index < -0.39 is 0 Å². The fraction of sp³-hybridized carbons (Fsp3) is 0. The van der Waals surface area contributed by atoms with Gasteiger partial charge in [0.15, 0.2) is 34.9 Å². The van der Waals surface area contributed by atoms with E-state index in [4.69, 9.17) is 15.0 Å². The third-order valence-electron chi connectivity index (χ3n) is 8.70. The molecule has 51 heavy (non-hydrogen) atoms. The summed E-state index contributed by atoms with van der Waals surface area (Å²) < 4.78 is 6.06. The zero-order chi connectivity index (χ0) is 33.7. The lowest BCUT2D eigenvalue weighted by atomic mass is 9.98. The second-order valence-corrected chi connectivity index (χ2v) is 11.7. The Morgan fingerprint density at radius 2 is 0.627 bits per heavy atom. The number of benzene rings is 1. The van der Waals surface area contributed by atoms with Crippen molar-refractivity contribution in [3.05, 3.63) is 147 Å². The van der Waals surface area contributed by atoms with Crippen molar-refractivity contribution in [2.24, 2.45) is 0 Å². The Morgan fingerprint density at radius 3 is 0.922 bits per heavy atom. The molecular formula is C39H24N12. The lowest BCUT2D eigenvalue weighted by Gasteiger charge is -2.08. The van der Waals surface area contributed by atoms with Crippen molar-refractivity contribution in [1.82, 2.24) is 58.1 Å². The van der Waals surface area contributed by atoms with Crippen LogP contribution in [-0.2, 0) is 0 Å². The molecule has 9 aromatic heterocycles. The van der Waals surface area contributed by atoms with Gasteiger partial charge in [0.2, 0.25) is 0 Å². The third-order valence-corrected chi connectivity index (χ3v) is 8.70. The van der Waals surface area contributed by atoms with Crippen LogP contribution in [0.15, 0.2) is 147 Å². The van der Waals surface area contributed by atoms with Crippen molar-refractivity contribution in [2.75, 3.05) is 0 Å². The Kier molecular flexibility index (Phi) is 6.49. The summed E-state index contributed by atoms with van der Waals surface area (Å²) in [6.07, 6.45) is 16.3. The van der Waals surface area contributed by atoms with E-state index in [1.807, 2.05) is 68.2 Å². The van der Waals surface area contributed by atoms with E-state index in [1.54, 1.807) is 55.4 Å². The van der Waals surface area contributed by atoms with Gasteiger partial charge in [0.1, 0.15) is 0 Å². The van der Waals surface area contributed by atoms with Gasteiger partial charge in [0, 0.05) is 72.5 Å². The third kappa shape index (κ3) is 4.73. The molecule has 12 heteroatoms. The molecule has 0 N–H and O–H groups in total. The zero-order valence-electron chi connectivity index (χ0n) is 26.7. The predicted octanol–water partition coefficient (Wildman–Crippen LogP) is 7.00. The van der Waals surface area contributed by atoms with E-state index in [0.717, 1.165) is 50.3 Å². The molecule has 0 saturated carbocycles. The fourth-order valence-corrected chi connectivity index (χ4v) is 6.51. The summed E-state index contributed by atoms with van der Waals surface area (Å²) in [5, 5.41) is 0. The second kappa shape index (κ2) is 11.6. The number of fused-ring (bicyclic) bond motifs is 3. The molecule has 0 aliphatic carbocycles. The van der Waals surface area contributed by atoms with E-state index in [1.165, 1.54) is 0 Å². The molecule has 0 spiro atoms. The molecule has 10 aromatic rings. The van der Waals surface area contributed by atoms with Crippen LogP contribution in [0.3, 0.4) is 0 Å². The maximum atomic E-state index is 5.18. The minimum absolute atomic E-state index is 0.529. The summed E-state index contributed by atoms with van der Waals surface area (Å²) >= 11 is 0. The predicted molar refractivity (Wildman–Crippen MR) is 192 cm³/mol. The molecule has 0 radical (unpaired) electrons. The number of hydrogen-bond acceptors (Lipinski definition) is 9. The molecule has 0 fully saturated rings. The lowest BCUT2D eigenvalue weighted by Crippen LogP contribution is -1.93. The summed E-state index contributed by atoms with van der Waals surface area (Å²) in [6.45, 7) is 0. The zero-order valence-corrected chi connectivity index (χ0v) is 26.7. The lowest BCUT2D eigenvalue weighted by molar-refractivity contribution is 1.07. The summed E-state index contributed by atoms with van der Waals surface area (Å²) in [4.78, 5) is 42.7. The molecule has 12 nitrogen and oxygen atoms in total. The molecule has 240 valence electrons. The van der Waals surface area contributed by atoms with Crippen LogP contribution in [0, 0.1) is 0 Å². The first-order valence-electron chi connectivity index (χ1n) is 16.2.